The zero-order valence-electron chi connectivity index (χ0n) is 33.3. The Bertz CT molecular complexity index is 3310. The molecule has 9 aromatic carbocycles. The van der Waals surface area contributed by atoms with Crippen molar-refractivity contribution in [2.24, 2.45) is 0 Å². The van der Waals surface area contributed by atoms with Gasteiger partial charge in [0.25, 0.3) is 0 Å². The number of allylic oxidation sites excluding steroid dienone is 2. The normalized spacial score (nSPS) is 12.1. The maximum atomic E-state index is 6.83. The number of fused-ring (bicyclic) bond motifs is 5. The van der Waals surface area contributed by atoms with E-state index in [9.17, 15) is 0 Å². The fourth-order valence-electron chi connectivity index (χ4n) is 9.44. The van der Waals surface area contributed by atoms with Crippen LogP contribution in [0.15, 0.2) is 194 Å². The van der Waals surface area contributed by atoms with E-state index in [1.54, 1.807) is 0 Å². The molecule has 0 N–H and O–H groups in total. The molecule has 0 bridgehead atoms. The van der Waals surface area contributed by atoms with Gasteiger partial charge in [0.1, 0.15) is 11.3 Å². The number of hydrogen-bond donors (Lipinski definition) is 0. The number of hydrogen-bond acceptors (Lipinski definition) is 1. The van der Waals surface area contributed by atoms with Crippen LogP contribution in [-0.4, -0.2) is 0 Å². The smallest absolute Gasteiger partial charge is 0.136 e. The Morgan fingerprint density at radius 2 is 0.983 bits per heavy atom. The van der Waals surface area contributed by atoms with Crippen molar-refractivity contribution in [3.8, 4) is 33.4 Å². The van der Waals surface area contributed by atoms with Crippen LogP contribution in [0.3, 0.4) is 0 Å². The largest absolute Gasteiger partial charge is 0.456 e. The molecule has 0 aliphatic heterocycles. The Balaban J connectivity index is 1.21. The standard InChI is InChI=1S/C58H42O/c1-5-20-44-42(6-2)57(50-30-19-18-29-49(50)55(44)40-32-31-37-21-12-13-24-39(37)35-40)43(7-3)58-51-34-33-41(36-53(51)59-52(58)8-4)56-47-27-16-14-25-45(47)54(38-22-10-9-11-23-38)46-26-15-17-28-48(46)56/h5-36H,2,4H2,1,3H3/b20-5-,43-7-. The van der Waals surface area contributed by atoms with Crippen molar-refractivity contribution in [2.45, 2.75) is 13.8 Å². The minimum absolute atomic E-state index is 0.740. The summed E-state index contributed by atoms with van der Waals surface area (Å²) in [5.41, 5.74) is 13.4. The van der Waals surface area contributed by atoms with Crippen molar-refractivity contribution in [1.29, 1.82) is 0 Å². The highest BCUT2D eigenvalue weighted by Crippen LogP contribution is 2.48. The average Bonchev–Trinajstić information content (AvgIpc) is 3.66. The zero-order chi connectivity index (χ0) is 40.0. The summed E-state index contributed by atoms with van der Waals surface area (Å²) < 4.78 is 6.83. The van der Waals surface area contributed by atoms with Gasteiger partial charge in [-0.2, -0.15) is 0 Å². The van der Waals surface area contributed by atoms with Crippen molar-refractivity contribution in [2.75, 3.05) is 0 Å². The van der Waals surface area contributed by atoms with E-state index in [2.05, 4.69) is 209 Å². The van der Waals surface area contributed by atoms with Crippen molar-refractivity contribution in [3.05, 3.63) is 217 Å². The Morgan fingerprint density at radius 3 is 1.59 bits per heavy atom. The molecule has 0 saturated carbocycles. The highest BCUT2D eigenvalue weighted by atomic mass is 16.3. The molecule has 0 atom stereocenters. The molecule has 0 saturated heterocycles. The van der Waals surface area contributed by atoms with Gasteiger partial charge in [-0.15, -0.1) is 0 Å². The first-order valence-electron chi connectivity index (χ1n) is 20.3. The maximum absolute atomic E-state index is 6.83. The van der Waals surface area contributed by atoms with E-state index >= 15 is 0 Å². The molecule has 10 rings (SSSR count). The Morgan fingerprint density at radius 1 is 0.441 bits per heavy atom. The van der Waals surface area contributed by atoms with E-state index in [1.807, 2.05) is 12.2 Å². The Labute approximate surface area is 345 Å². The van der Waals surface area contributed by atoms with Gasteiger partial charge >= 0.3 is 0 Å². The molecule has 10 aromatic rings. The predicted octanol–water partition coefficient (Wildman–Crippen LogP) is 16.8. The van der Waals surface area contributed by atoms with Crippen molar-refractivity contribution in [1.82, 2.24) is 0 Å². The number of rotatable bonds is 8. The lowest BCUT2D eigenvalue weighted by molar-refractivity contribution is 0.603. The van der Waals surface area contributed by atoms with E-state index in [4.69, 9.17) is 4.42 Å². The lowest BCUT2D eigenvalue weighted by Crippen LogP contribution is -2.00. The SMILES string of the molecule is C=Cc1oc2cc(-c3c4ccccc4c(-c4ccccc4)c4ccccc34)ccc2c1/C(=C\C)c1c(C=C)c(/C=C\C)c(-c2ccc3ccccc3c2)c2ccccc12. The third-order valence-corrected chi connectivity index (χ3v) is 11.9. The van der Waals surface area contributed by atoms with Crippen LogP contribution in [0.1, 0.15) is 41.9 Å². The molecule has 0 fully saturated rings. The van der Waals surface area contributed by atoms with E-state index in [-0.39, 0.29) is 0 Å². The van der Waals surface area contributed by atoms with Crippen LogP contribution >= 0.6 is 0 Å². The van der Waals surface area contributed by atoms with Crippen LogP contribution in [0.2, 0.25) is 0 Å². The monoisotopic (exact) mass is 754 g/mol. The first kappa shape index (κ1) is 35.9. The summed E-state index contributed by atoms with van der Waals surface area (Å²) in [6.45, 7) is 12.9. The quantitative estimate of drug-likeness (QED) is 0.141. The van der Waals surface area contributed by atoms with Gasteiger partial charge in [0.15, 0.2) is 0 Å². The molecule has 0 spiro atoms. The second-order valence-corrected chi connectivity index (χ2v) is 15.1. The summed E-state index contributed by atoms with van der Waals surface area (Å²) in [7, 11) is 0. The van der Waals surface area contributed by atoms with Crippen LogP contribution in [-0.2, 0) is 0 Å². The van der Waals surface area contributed by atoms with Gasteiger partial charge in [-0.05, 0) is 137 Å². The van der Waals surface area contributed by atoms with Crippen LogP contribution in [0.4, 0.5) is 0 Å². The van der Waals surface area contributed by atoms with Gasteiger partial charge in [0.05, 0.1) is 0 Å². The zero-order valence-corrected chi connectivity index (χ0v) is 33.3. The molecular formula is C58H42O. The molecular weight excluding hydrogens is 713 g/mol. The molecule has 0 aliphatic rings. The molecule has 1 aromatic heterocycles. The van der Waals surface area contributed by atoms with E-state index in [0.29, 0.717) is 0 Å². The van der Waals surface area contributed by atoms with Gasteiger partial charge in [-0.25, -0.2) is 0 Å². The summed E-state index contributed by atoms with van der Waals surface area (Å²) in [5.74, 6) is 0.740. The molecule has 1 nitrogen and oxygen atoms in total. The topological polar surface area (TPSA) is 13.1 Å². The molecule has 1 heteroatoms. The highest BCUT2D eigenvalue weighted by Gasteiger charge is 2.25. The summed E-state index contributed by atoms with van der Waals surface area (Å²) in [6.07, 6.45) is 10.5. The third-order valence-electron chi connectivity index (χ3n) is 11.9. The van der Waals surface area contributed by atoms with Crippen LogP contribution in [0.5, 0.6) is 0 Å². The minimum Gasteiger partial charge on any atom is -0.456 e. The first-order chi connectivity index (χ1) is 29.1. The molecule has 0 amide bonds. The molecule has 0 aliphatic carbocycles. The van der Waals surface area contributed by atoms with Crippen LogP contribution < -0.4 is 0 Å². The summed E-state index contributed by atoms with van der Waals surface area (Å²) >= 11 is 0. The lowest BCUT2D eigenvalue weighted by Gasteiger charge is -2.22. The molecule has 0 radical (unpaired) electrons. The summed E-state index contributed by atoms with van der Waals surface area (Å²) in [6, 6.07) is 59.1. The first-order valence-corrected chi connectivity index (χ1v) is 20.3. The van der Waals surface area contributed by atoms with E-state index < -0.39 is 0 Å². The third kappa shape index (κ3) is 5.77. The summed E-state index contributed by atoms with van der Waals surface area (Å²) in [4.78, 5) is 0. The van der Waals surface area contributed by atoms with Gasteiger partial charge in [0.2, 0.25) is 0 Å². The Hall–Kier alpha value is -7.48. The van der Waals surface area contributed by atoms with E-state index in [1.165, 1.54) is 65.5 Å². The second-order valence-electron chi connectivity index (χ2n) is 15.1. The second kappa shape index (κ2) is 14.8. The van der Waals surface area contributed by atoms with Crippen molar-refractivity contribution >= 4 is 77.9 Å². The molecule has 0 unspecified atom stereocenters. The van der Waals surface area contributed by atoms with Crippen LogP contribution in [0, 0.1) is 0 Å². The predicted molar refractivity (Wildman–Crippen MR) is 257 cm³/mol. The molecule has 1 heterocycles. The maximum Gasteiger partial charge on any atom is 0.136 e. The van der Waals surface area contributed by atoms with Gasteiger partial charge < -0.3 is 4.42 Å². The number of benzene rings is 9. The molecule has 280 valence electrons. The number of furan rings is 1. The fraction of sp³-hybridized carbons (Fsp3) is 0.0345. The van der Waals surface area contributed by atoms with Crippen LogP contribution in [0.25, 0.3) is 111 Å². The fourth-order valence-corrected chi connectivity index (χ4v) is 9.44. The minimum atomic E-state index is 0.740. The van der Waals surface area contributed by atoms with Crippen molar-refractivity contribution < 1.29 is 4.42 Å². The average molecular weight is 755 g/mol. The van der Waals surface area contributed by atoms with Gasteiger partial charge in [-0.1, -0.05) is 183 Å². The summed E-state index contributed by atoms with van der Waals surface area (Å²) in [5, 5.41) is 10.7. The van der Waals surface area contributed by atoms with E-state index in [0.717, 1.165) is 55.5 Å². The lowest BCUT2D eigenvalue weighted by atomic mass is 9.80. The molecule has 59 heavy (non-hydrogen) atoms. The highest BCUT2D eigenvalue weighted by molar-refractivity contribution is 6.22. The Kier molecular flexibility index (Phi) is 9.00. The van der Waals surface area contributed by atoms with Gasteiger partial charge in [-0.3, -0.25) is 0 Å². The van der Waals surface area contributed by atoms with Crippen molar-refractivity contribution in [3.63, 3.8) is 0 Å². The van der Waals surface area contributed by atoms with Gasteiger partial charge in [0, 0.05) is 10.9 Å².